The number of aromatic nitrogens is 2. The number of rotatable bonds is 5. The van der Waals surface area contributed by atoms with Gasteiger partial charge in [0.05, 0.1) is 6.04 Å². The third-order valence-corrected chi connectivity index (χ3v) is 4.26. The molecule has 6 heteroatoms. The molecular weight excluding hydrogens is 309 g/mol. The van der Waals surface area contributed by atoms with E-state index >= 15 is 0 Å². The molecule has 0 aliphatic heterocycles. The number of halogens is 2. The molecule has 2 aromatic rings. The summed E-state index contributed by atoms with van der Waals surface area (Å²) in [5.41, 5.74) is 0.995. The minimum Gasteiger partial charge on any atom is -0.338 e. The second kappa shape index (κ2) is 5.95. The molecule has 0 bridgehead atoms. The molecule has 1 N–H and O–H groups in total. The Morgan fingerprint density at radius 3 is 2.67 bits per heavy atom. The summed E-state index contributed by atoms with van der Waals surface area (Å²) in [6.45, 7) is 4.05. The molecule has 1 aromatic heterocycles. The molecule has 0 spiro atoms. The van der Waals surface area contributed by atoms with Crippen molar-refractivity contribution in [2.75, 3.05) is 0 Å². The minimum atomic E-state index is -0.0354. The molecule has 1 aromatic carbocycles. The molecule has 1 fully saturated rings. The molecule has 21 heavy (non-hydrogen) atoms. The number of hydrogen-bond donors (Lipinski definition) is 1. The van der Waals surface area contributed by atoms with Gasteiger partial charge in [-0.3, -0.25) is 5.32 Å². The molecule has 4 nitrogen and oxygen atoms in total. The van der Waals surface area contributed by atoms with Gasteiger partial charge >= 0.3 is 0 Å². The van der Waals surface area contributed by atoms with Gasteiger partial charge in [0, 0.05) is 22.0 Å². The van der Waals surface area contributed by atoms with E-state index in [-0.39, 0.29) is 12.1 Å². The Labute approximate surface area is 133 Å². The first-order chi connectivity index (χ1) is 10.0. The molecule has 0 amide bonds. The van der Waals surface area contributed by atoms with Gasteiger partial charge in [0.25, 0.3) is 0 Å². The highest BCUT2D eigenvalue weighted by atomic mass is 35.5. The Balaban J connectivity index is 1.69. The third kappa shape index (κ3) is 3.39. The average molecular weight is 326 g/mol. The monoisotopic (exact) mass is 325 g/mol. The van der Waals surface area contributed by atoms with Crippen LogP contribution in [-0.4, -0.2) is 10.1 Å². The zero-order chi connectivity index (χ0) is 15.0. The van der Waals surface area contributed by atoms with Crippen LogP contribution in [-0.2, 0) is 0 Å². The lowest BCUT2D eigenvalue weighted by Crippen LogP contribution is -2.23. The molecule has 3 rings (SSSR count). The second-order valence-corrected chi connectivity index (χ2v) is 6.38. The van der Waals surface area contributed by atoms with Crippen molar-refractivity contribution in [1.29, 1.82) is 0 Å². The van der Waals surface area contributed by atoms with Crippen LogP contribution in [0.2, 0.25) is 10.0 Å². The Bertz CT molecular complexity index is 640. The second-order valence-electron chi connectivity index (χ2n) is 5.54. The zero-order valence-electron chi connectivity index (χ0n) is 11.9. The Morgan fingerprint density at radius 1 is 1.24 bits per heavy atom. The van der Waals surface area contributed by atoms with Crippen LogP contribution in [0, 0.1) is 0 Å². The summed E-state index contributed by atoms with van der Waals surface area (Å²) in [5, 5.41) is 8.75. The van der Waals surface area contributed by atoms with Crippen LogP contribution in [0.1, 0.15) is 62.0 Å². The van der Waals surface area contributed by atoms with Gasteiger partial charge in [-0.25, -0.2) is 0 Å². The van der Waals surface area contributed by atoms with Crippen molar-refractivity contribution in [3.8, 4) is 0 Å². The van der Waals surface area contributed by atoms with Crippen molar-refractivity contribution in [1.82, 2.24) is 15.5 Å². The molecule has 1 heterocycles. The van der Waals surface area contributed by atoms with Crippen LogP contribution >= 0.6 is 23.2 Å². The van der Waals surface area contributed by atoms with Crippen LogP contribution in [0.15, 0.2) is 22.7 Å². The van der Waals surface area contributed by atoms with E-state index in [2.05, 4.69) is 15.5 Å². The molecule has 1 aliphatic carbocycles. The standard InChI is InChI=1S/C15H17Cl2N3O/c1-8(12-6-5-11(16)7-13(12)17)18-9(2)15-19-14(20-21-15)10-3-4-10/h5-10,18H,3-4H2,1-2H3/t8-,9+/m0/s1. The lowest BCUT2D eigenvalue weighted by molar-refractivity contribution is 0.325. The third-order valence-electron chi connectivity index (χ3n) is 3.70. The fourth-order valence-corrected chi connectivity index (χ4v) is 2.89. The summed E-state index contributed by atoms with van der Waals surface area (Å²) < 4.78 is 5.34. The Hall–Kier alpha value is -1.10. The van der Waals surface area contributed by atoms with Crippen LogP contribution in [0.4, 0.5) is 0 Å². The predicted octanol–water partition coefficient (Wildman–Crippen LogP) is 4.67. The molecule has 0 radical (unpaired) electrons. The predicted molar refractivity (Wildman–Crippen MR) is 82.7 cm³/mol. The topological polar surface area (TPSA) is 51.0 Å². The lowest BCUT2D eigenvalue weighted by Gasteiger charge is -2.19. The van der Waals surface area contributed by atoms with Gasteiger partial charge in [0.2, 0.25) is 5.89 Å². The van der Waals surface area contributed by atoms with Crippen molar-refractivity contribution >= 4 is 23.2 Å². The Kier molecular flexibility index (Phi) is 4.20. The van der Waals surface area contributed by atoms with Crippen molar-refractivity contribution in [3.63, 3.8) is 0 Å². The highest BCUT2D eigenvalue weighted by Crippen LogP contribution is 2.38. The summed E-state index contributed by atoms with van der Waals surface area (Å²) in [7, 11) is 0. The molecule has 0 saturated heterocycles. The number of nitrogens with zero attached hydrogens (tertiary/aromatic N) is 2. The molecular formula is C15H17Cl2N3O. The fourth-order valence-electron chi connectivity index (χ4n) is 2.32. The van der Waals surface area contributed by atoms with Crippen molar-refractivity contribution < 1.29 is 4.52 Å². The fraction of sp³-hybridized carbons (Fsp3) is 0.467. The highest BCUT2D eigenvalue weighted by molar-refractivity contribution is 6.35. The number of hydrogen-bond acceptors (Lipinski definition) is 4. The van der Waals surface area contributed by atoms with E-state index in [0.717, 1.165) is 24.2 Å². The van der Waals surface area contributed by atoms with E-state index < -0.39 is 0 Å². The first kappa shape index (κ1) is 14.8. The minimum absolute atomic E-state index is 0.0354. The van der Waals surface area contributed by atoms with E-state index in [0.29, 0.717) is 21.9 Å². The van der Waals surface area contributed by atoms with Crippen LogP contribution in [0.3, 0.4) is 0 Å². The zero-order valence-corrected chi connectivity index (χ0v) is 13.4. The van der Waals surface area contributed by atoms with E-state index in [9.17, 15) is 0 Å². The summed E-state index contributed by atoms with van der Waals surface area (Å²) in [4.78, 5) is 4.46. The van der Waals surface area contributed by atoms with Crippen molar-refractivity contribution in [2.45, 2.75) is 44.7 Å². The van der Waals surface area contributed by atoms with Crippen molar-refractivity contribution in [3.05, 3.63) is 45.5 Å². The van der Waals surface area contributed by atoms with Gasteiger partial charge in [0.1, 0.15) is 0 Å². The molecule has 1 aliphatic rings. The van der Waals surface area contributed by atoms with Crippen molar-refractivity contribution in [2.24, 2.45) is 0 Å². The molecule has 0 unspecified atom stereocenters. The SMILES string of the molecule is C[C@H](N[C@H](C)c1nc(C2CC2)no1)c1ccc(Cl)cc1Cl. The van der Waals surface area contributed by atoms with Crippen LogP contribution in [0.25, 0.3) is 0 Å². The van der Waals surface area contributed by atoms with Gasteiger partial charge in [-0.15, -0.1) is 0 Å². The summed E-state index contributed by atoms with van der Waals surface area (Å²) >= 11 is 12.2. The van der Waals surface area contributed by atoms with Gasteiger partial charge in [-0.1, -0.05) is 34.4 Å². The van der Waals surface area contributed by atoms with E-state index in [4.69, 9.17) is 27.7 Å². The molecule has 1 saturated carbocycles. The lowest BCUT2D eigenvalue weighted by atomic mass is 10.1. The van der Waals surface area contributed by atoms with Gasteiger partial charge in [-0.05, 0) is 44.4 Å². The summed E-state index contributed by atoms with van der Waals surface area (Å²) in [5.74, 6) is 1.95. The average Bonchev–Trinajstić information content (AvgIpc) is 3.16. The smallest absolute Gasteiger partial charge is 0.243 e. The summed E-state index contributed by atoms with van der Waals surface area (Å²) in [6.07, 6.45) is 2.33. The van der Waals surface area contributed by atoms with Gasteiger partial charge in [-0.2, -0.15) is 4.98 Å². The maximum absolute atomic E-state index is 6.23. The quantitative estimate of drug-likeness (QED) is 0.868. The van der Waals surface area contributed by atoms with Crippen LogP contribution < -0.4 is 5.32 Å². The first-order valence-corrected chi connectivity index (χ1v) is 7.84. The van der Waals surface area contributed by atoms with Crippen LogP contribution in [0.5, 0.6) is 0 Å². The maximum Gasteiger partial charge on any atom is 0.243 e. The van der Waals surface area contributed by atoms with Gasteiger partial charge < -0.3 is 4.52 Å². The van der Waals surface area contributed by atoms with E-state index in [1.807, 2.05) is 26.0 Å². The van der Waals surface area contributed by atoms with E-state index in [1.54, 1.807) is 6.07 Å². The highest BCUT2D eigenvalue weighted by Gasteiger charge is 2.29. The molecule has 2 atom stereocenters. The Morgan fingerprint density at radius 2 is 2.00 bits per heavy atom. The normalized spacial score (nSPS) is 17.7. The van der Waals surface area contributed by atoms with E-state index in [1.165, 1.54) is 0 Å². The first-order valence-electron chi connectivity index (χ1n) is 7.09. The van der Waals surface area contributed by atoms with Gasteiger partial charge in [0.15, 0.2) is 5.82 Å². The number of nitrogens with one attached hydrogen (secondary N) is 1. The number of benzene rings is 1. The maximum atomic E-state index is 6.23. The summed E-state index contributed by atoms with van der Waals surface area (Å²) in [6, 6.07) is 5.54. The molecule has 112 valence electrons. The largest absolute Gasteiger partial charge is 0.338 e.